The molecule has 0 aliphatic heterocycles. The highest BCUT2D eigenvalue weighted by molar-refractivity contribution is 6.66. The lowest BCUT2D eigenvalue weighted by molar-refractivity contribution is -0.139. The van der Waals surface area contributed by atoms with Crippen LogP contribution in [0.5, 0.6) is 0 Å². The summed E-state index contributed by atoms with van der Waals surface area (Å²) in [6, 6.07) is 0. The zero-order valence-electron chi connectivity index (χ0n) is 5.46. The molecule has 0 fully saturated rings. The maximum Gasteiger partial charge on any atom is 0.341 e. The fourth-order valence-electron chi connectivity index (χ4n) is 0.287. The van der Waals surface area contributed by atoms with Gasteiger partial charge in [-0.25, -0.2) is 9.59 Å². The molecule has 0 radical (unpaired) electrons. The molecular weight excluding hydrogens is 230 g/mol. The van der Waals surface area contributed by atoms with Crippen molar-refractivity contribution in [1.82, 2.24) is 0 Å². The van der Waals surface area contributed by atoms with Crippen molar-refractivity contribution >= 4 is 46.7 Å². The highest BCUT2D eigenvalue weighted by atomic mass is 35.6. The van der Waals surface area contributed by atoms with Crippen LogP contribution in [-0.4, -0.2) is 21.0 Å². The molecule has 7 heteroatoms. The Balaban J connectivity index is 3.99. The Morgan fingerprint density at radius 2 is 1.75 bits per heavy atom. The van der Waals surface area contributed by atoms with Gasteiger partial charge in [0.05, 0.1) is 0 Å². The fourth-order valence-corrected chi connectivity index (χ4v) is 0.516. The largest absolute Gasteiger partial charge is 0.478 e. The van der Waals surface area contributed by atoms with Crippen LogP contribution >= 0.6 is 34.8 Å². The van der Waals surface area contributed by atoms with E-state index in [9.17, 15) is 9.59 Å². The lowest BCUT2D eigenvalue weighted by Crippen LogP contribution is -2.14. The van der Waals surface area contributed by atoms with Crippen molar-refractivity contribution in [3.05, 3.63) is 12.2 Å². The molecule has 0 atom stereocenters. The smallest absolute Gasteiger partial charge is 0.341 e. The van der Waals surface area contributed by atoms with E-state index in [0.29, 0.717) is 12.2 Å². The van der Waals surface area contributed by atoms with Crippen molar-refractivity contribution in [2.75, 3.05) is 0 Å². The van der Waals surface area contributed by atoms with E-state index in [2.05, 4.69) is 4.74 Å². The fraction of sp³-hybridized carbons (Fsp3) is 0.200. The van der Waals surface area contributed by atoms with Crippen molar-refractivity contribution in [2.24, 2.45) is 0 Å². The summed E-state index contributed by atoms with van der Waals surface area (Å²) in [5.41, 5.74) is 0. The summed E-state index contributed by atoms with van der Waals surface area (Å²) in [4.78, 5) is 20.4. The van der Waals surface area contributed by atoms with E-state index < -0.39 is 15.9 Å². The van der Waals surface area contributed by atoms with E-state index in [4.69, 9.17) is 39.9 Å². The highest BCUT2D eigenvalue weighted by Gasteiger charge is 2.23. The Hall–Kier alpha value is -0.450. The summed E-state index contributed by atoms with van der Waals surface area (Å²) in [5, 5.41) is 8.07. The predicted octanol–water partition coefficient (Wildman–Crippen LogP) is 1.50. The number of hydrogen-bond acceptors (Lipinski definition) is 3. The monoisotopic (exact) mass is 232 g/mol. The van der Waals surface area contributed by atoms with Gasteiger partial charge in [-0.1, -0.05) is 0 Å². The zero-order valence-corrected chi connectivity index (χ0v) is 7.73. The van der Waals surface area contributed by atoms with Gasteiger partial charge in [0.25, 0.3) is 0 Å². The van der Waals surface area contributed by atoms with Crippen molar-refractivity contribution in [1.29, 1.82) is 0 Å². The molecule has 0 heterocycles. The lowest BCUT2D eigenvalue weighted by Gasteiger charge is -2.08. The van der Waals surface area contributed by atoms with E-state index in [1.54, 1.807) is 0 Å². The summed E-state index contributed by atoms with van der Waals surface area (Å²) in [6.07, 6.45) is 1.20. The number of esters is 1. The molecule has 0 amide bonds. The second kappa shape index (κ2) is 4.54. The highest BCUT2D eigenvalue weighted by Crippen LogP contribution is 2.27. The van der Waals surface area contributed by atoms with Crippen LogP contribution in [0.1, 0.15) is 0 Å². The number of ether oxygens (including phenoxy) is 1. The summed E-state index contributed by atoms with van der Waals surface area (Å²) in [6.45, 7) is 0. The number of aliphatic carboxylic acids is 1. The molecule has 0 bridgehead atoms. The second-order valence-corrected chi connectivity index (χ2v) is 3.72. The van der Waals surface area contributed by atoms with Crippen molar-refractivity contribution in [2.45, 2.75) is 3.98 Å². The van der Waals surface area contributed by atoms with Crippen molar-refractivity contribution in [3.8, 4) is 0 Å². The maximum atomic E-state index is 10.5. The molecular formula is C5H3Cl3O4. The molecule has 1 N–H and O–H groups in total. The minimum Gasteiger partial charge on any atom is -0.478 e. The van der Waals surface area contributed by atoms with Gasteiger partial charge in [-0.3, -0.25) is 0 Å². The summed E-state index contributed by atoms with van der Waals surface area (Å²) in [5.74, 6) is -2.34. The number of carboxylic acids is 1. The molecule has 0 aromatic heterocycles. The molecule has 12 heavy (non-hydrogen) atoms. The first-order chi connectivity index (χ1) is 5.31. The molecule has 0 aliphatic carbocycles. The van der Waals surface area contributed by atoms with E-state index >= 15 is 0 Å². The Morgan fingerprint density at radius 3 is 2.08 bits per heavy atom. The molecule has 0 spiro atoms. The molecule has 0 aromatic rings. The third-order valence-electron chi connectivity index (χ3n) is 0.578. The van der Waals surface area contributed by atoms with Crippen molar-refractivity contribution in [3.63, 3.8) is 0 Å². The van der Waals surface area contributed by atoms with Crippen molar-refractivity contribution < 1.29 is 19.4 Å². The van der Waals surface area contributed by atoms with Gasteiger partial charge in [0.1, 0.15) is 0 Å². The number of alkyl halides is 3. The van der Waals surface area contributed by atoms with Crippen LogP contribution in [0, 0.1) is 0 Å². The second-order valence-electron chi connectivity index (χ2n) is 1.54. The minimum atomic E-state index is -2.17. The Bertz CT molecular complexity index is 217. The molecule has 68 valence electrons. The average molecular weight is 233 g/mol. The average Bonchev–Trinajstić information content (AvgIpc) is 1.79. The third kappa shape index (κ3) is 7.65. The lowest BCUT2D eigenvalue weighted by atomic mass is 10.5. The molecule has 0 aliphatic rings. The molecule has 4 nitrogen and oxygen atoms in total. The minimum absolute atomic E-state index is 0.568. The summed E-state index contributed by atoms with van der Waals surface area (Å²) in [7, 11) is 0. The van der Waals surface area contributed by atoms with E-state index in [1.165, 1.54) is 0 Å². The van der Waals surface area contributed by atoms with Crippen LogP contribution in [0.3, 0.4) is 0 Å². The van der Waals surface area contributed by atoms with Gasteiger partial charge >= 0.3 is 15.9 Å². The topological polar surface area (TPSA) is 63.6 Å². The van der Waals surface area contributed by atoms with Gasteiger partial charge < -0.3 is 9.84 Å². The zero-order chi connectivity index (χ0) is 9.78. The summed E-state index contributed by atoms with van der Waals surface area (Å²) < 4.78 is 1.93. The van der Waals surface area contributed by atoms with E-state index in [1.807, 2.05) is 0 Å². The van der Waals surface area contributed by atoms with Gasteiger partial charge in [-0.05, 0) is 34.8 Å². The number of halogens is 3. The number of carboxylic acid groups (broad SMARTS) is 1. The van der Waals surface area contributed by atoms with Crippen LogP contribution in [-0.2, 0) is 14.3 Å². The maximum absolute atomic E-state index is 10.5. The summed E-state index contributed by atoms with van der Waals surface area (Å²) >= 11 is 15.1. The number of rotatable bonds is 2. The number of carbonyl (C=O) groups excluding carboxylic acids is 1. The molecule has 0 saturated heterocycles. The van der Waals surface area contributed by atoms with Gasteiger partial charge in [-0.15, -0.1) is 0 Å². The predicted molar refractivity (Wildman–Crippen MR) is 43.2 cm³/mol. The number of hydrogen-bond donors (Lipinski definition) is 1. The standard InChI is InChI=1S/C5H3Cl3O4/c6-5(7,8)12-4(11)2-1-3(9)10/h1-2H,(H,9,10)/b2-1+. The molecule has 0 unspecified atom stereocenters. The van der Waals surface area contributed by atoms with Gasteiger partial charge in [0.2, 0.25) is 0 Å². The molecule has 0 aromatic carbocycles. The SMILES string of the molecule is O=C(O)/C=C/C(=O)OC(Cl)(Cl)Cl. The number of carbonyl (C=O) groups is 2. The first-order valence-corrected chi connectivity index (χ1v) is 3.65. The van der Waals surface area contributed by atoms with Crippen LogP contribution in [0.25, 0.3) is 0 Å². The Morgan fingerprint density at radius 1 is 1.25 bits per heavy atom. The quantitative estimate of drug-likeness (QED) is 0.446. The van der Waals surface area contributed by atoms with Crippen LogP contribution in [0.2, 0.25) is 0 Å². The van der Waals surface area contributed by atoms with Gasteiger partial charge in [0.15, 0.2) is 0 Å². The van der Waals surface area contributed by atoms with Gasteiger partial charge in [0, 0.05) is 12.2 Å². The molecule has 0 saturated carbocycles. The Kier molecular flexibility index (Phi) is 4.37. The van der Waals surface area contributed by atoms with E-state index in [0.717, 1.165) is 0 Å². The normalized spacial score (nSPS) is 11.6. The Labute approximate surface area is 82.7 Å². The van der Waals surface area contributed by atoms with Crippen LogP contribution in [0.4, 0.5) is 0 Å². The van der Waals surface area contributed by atoms with Gasteiger partial charge in [-0.2, -0.15) is 0 Å². The first-order valence-electron chi connectivity index (χ1n) is 2.52. The van der Waals surface area contributed by atoms with Crippen LogP contribution < -0.4 is 0 Å². The molecule has 0 rings (SSSR count). The third-order valence-corrected chi connectivity index (χ3v) is 0.810. The van der Waals surface area contributed by atoms with Crippen LogP contribution in [0.15, 0.2) is 12.2 Å². The first kappa shape index (κ1) is 11.6. The van der Waals surface area contributed by atoms with E-state index in [-0.39, 0.29) is 0 Å².